The zero-order valence-corrected chi connectivity index (χ0v) is 10.9. The van der Waals surface area contributed by atoms with Gasteiger partial charge < -0.3 is 15.2 Å². The molecule has 0 bridgehead atoms. The number of rotatable bonds is 7. The van der Waals surface area contributed by atoms with E-state index >= 15 is 0 Å². The highest BCUT2D eigenvalue weighted by molar-refractivity contribution is 5.27. The maximum absolute atomic E-state index is 9.13. The van der Waals surface area contributed by atoms with Gasteiger partial charge in [-0.2, -0.15) is 0 Å². The van der Waals surface area contributed by atoms with E-state index in [4.69, 9.17) is 9.84 Å². The molecule has 17 heavy (non-hydrogen) atoms. The quantitative estimate of drug-likeness (QED) is 0.762. The van der Waals surface area contributed by atoms with Crippen LogP contribution >= 0.6 is 0 Å². The number of aliphatic hydroxyl groups is 1. The summed E-state index contributed by atoms with van der Waals surface area (Å²) < 4.78 is 5.12. The minimum atomic E-state index is 0.197. The van der Waals surface area contributed by atoms with E-state index in [9.17, 15) is 0 Å². The van der Waals surface area contributed by atoms with Crippen LogP contribution in [0.4, 0.5) is 0 Å². The van der Waals surface area contributed by atoms with E-state index in [-0.39, 0.29) is 12.6 Å². The molecule has 1 aromatic rings. The lowest BCUT2D eigenvalue weighted by Crippen LogP contribution is -2.39. The van der Waals surface area contributed by atoms with Gasteiger partial charge in [-0.05, 0) is 37.5 Å². The molecular formula is C14H23NO2. The van der Waals surface area contributed by atoms with E-state index in [1.807, 2.05) is 12.1 Å². The third-order valence-corrected chi connectivity index (χ3v) is 2.93. The summed E-state index contributed by atoms with van der Waals surface area (Å²) in [5.74, 6) is 0.885. The van der Waals surface area contributed by atoms with Crippen LogP contribution in [0.2, 0.25) is 0 Å². The van der Waals surface area contributed by atoms with Gasteiger partial charge >= 0.3 is 0 Å². The Morgan fingerprint density at radius 2 is 1.94 bits per heavy atom. The van der Waals surface area contributed by atoms with Gasteiger partial charge in [-0.15, -0.1) is 0 Å². The maximum atomic E-state index is 9.13. The smallest absolute Gasteiger partial charge is 0.118 e. The average molecular weight is 237 g/mol. The van der Waals surface area contributed by atoms with Crippen molar-refractivity contribution in [3.8, 4) is 5.75 Å². The summed E-state index contributed by atoms with van der Waals surface area (Å²) in [5.41, 5.74) is 1.28. The van der Waals surface area contributed by atoms with Gasteiger partial charge in [0.1, 0.15) is 5.75 Å². The minimum Gasteiger partial charge on any atom is -0.497 e. The molecule has 0 saturated carbocycles. The van der Waals surface area contributed by atoms with Crippen molar-refractivity contribution in [1.82, 2.24) is 5.32 Å². The summed E-state index contributed by atoms with van der Waals surface area (Å²) in [6.07, 6.45) is 1.91. The Bertz CT molecular complexity index is 307. The zero-order chi connectivity index (χ0) is 12.7. The molecule has 2 N–H and O–H groups in total. The fraction of sp³-hybridized carbons (Fsp3) is 0.571. The molecule has 3 heteroatoms. The third kappa shape index (κ3) is 4.75. The first-order valence-electron chi connectivity index (χ1n) is 6.19. The number of methoxy groups -OCH3 is 1. The third-order valence-electron chi connectivity index (χ3n) is 2.93. The van der Waals surface area contributed by atoms with Gasteiger partial charge in [0.2, 0.25) is 0 Å². The number of nitrogens with one attached hydrogen (secondary N) is 1. The Hall–Kier alpha value is -1.06. The average Bonchev–Trinajstić information content (AvgIpc) is 2.37. The molecule has 0 aromatic heterocycles. The van der Waals surface area contributed by atoms with E-state index in [0.29, 0.717) is 6.04 Å². The van der Waals surface area contributed by atoms with E-state index < -0.39 is 0 Å². The SMILES string of the molecule is CCC(CO)NC(C)Cc1ccc(OC)cc1. The van der Waals surface area contributed by atoms with Crippen molar-refractivity contribution >= 4 is 0 Å². The largest absolute Gasteiger partial charge is 0.497 e. The second-order valence-electron chi connectivity index (χ2n) is 4.41. The Labute approximate surface area is 104 Å². The molecule has 2 unspecified atom stereocenters. The highest BCUT2D eigenvalue weighted by Gasteiger charge is 2.09. The van der Waals surface area contributed by atoms with Crippen molar-refractivity contribution in [1.29, 1.82) is 0 Å². The molecule has 2 atom stereocenters. The van der Waals surface area contributed by atoms with Crippen LogP contribution in [0.1, 0.15) is 25.8 Å². The Morgan fingerprint density at radius 1 is 1.29 bits per heavy atom. The molecule has 0 radical (unpaired) electrons. The summed E-state index contributed by atoms with van der Waals surface area (Å²) in [6.45, 7) is 4.42. The summed E-state index contributed by atoms with van der Waals surface area (Å²) >= 11 is 0. The standard InChI is InChI=1S/C14H23NO2/c1-4-13(10-16)15-11(2)9-12-5-7-14(17-3)8-6-12/h5-8,11,13,15-16H,4,9-10H2,1-3H3. The minimum absolute atomic E-state index is 0.197. The van der Waals surface area contributed by atoms with Crippen molar-refractivity contribution < 1.29 is 9.84 Å². The number of hydrogen-bond donors (Lipinski definition) is 2. The molecule has 0 saturated heterocycles. The van der Waals surface area contributed by atoms with E-state index in [1.165, 1.54) is 5.56 Å². The number of benzene rings is 1. The van der Waals surface area contributed by atoms with Gasteiger partial charge in [0.15, 0.2) is 0 Å². The van der Waals surface area contributed by atoms with Gasteiger partial charge in [-0.3, -0.25) is 0 Å². The fourth-order valence-corrected chi connectivity index (χ4v) is 1.88. The summed E-state index contributed by atoms with van der Waals surface area (Å²) in [7, 11) is 1.67. The Kier molecular flexibility index (Phi) is 6.01. The summed E-state index contributed by atoms with van der Waals surface area (Å²) in [4.78, 5) is 0. The molecular weight excluding hydrogens is 214 g/mol. The van der Waals surface area contributed by atoms with E-state index in [1.54, 1.807) is 7.11 Å². The topological polar surface area (TPSA) is 41.5 Å². The van der Waals surface area contributed by atoms with Crippen molar-refractivity contribution in [2.45, 2.75) is 38.8 Å². The molecule has 0 fully saturated rings. The Morgan fingerprint density at radius 3 is 2.41 bits per heavy atom. The monoisotopic (exact) mass is 237 g/mol. The molecule has 1 rings (SSSR count). The van der Waals surface area contributed by atoms with Crippen molar-refractivity contribution in [3.05, 3.63) is 29.8 Å². The predicted molar refractivity (Wildman–Crippen MR) is 70.5 cm³/mol. The van der Waals surface area contributed by atoms with Crippen LogP contribution in [0, 0.1) is 0 Å². The first-order valence-corrected chi connectivity index (χ1v) is 6.19. The second-order valence-corrected chi connectivity index (χ2v) is 4.41. The first-order chi connectivity index (χ1) is 8.19. The van der Waals surface area contributed by atoms with Crippen LogP contribution in [-0.4, -0.2) is 30.9 Å². The first kappa shape index (κ1) is 14.0. The number of aliphatic hydroxyl groups excluding tert-OH is 1. The molecule has 0 aliphatic heterocycles. The number of hydrogen-bond acceptors (Lipinski definition) is 3. The molecule has 1 aromatic carbocycles. The van der Waals surface area contributed by atoms with Crippen LogP contribution in [-0.2, 0) is 6.42 Å². The Balaban J connectivity index is 2.46. The molecule has 0 spiro atoms. The van der Waals surface area contributed by atoms with E-state index in [0.717, 1.165) is 18.6 Å². The van der Waals surface area contributed by atoms with Crippen molar-refractivity contribution in [3.63, 3.8) is 0 Å². The normalized spacial score (nSPS) is 14.4. The van der Waals surface area contributed by atoms with Crippen molar-refractivity contribution in [2.75, 3.05) is 13.7 Å². The van der Waals surface area contributed by atoms with E-state index in [2.05, 4.69) is 31.3 Å². The molecule has 0 aliphatic rings. The zero-order valence-electron chi connectivity index (χ0n) is 10.9. The fourth-order valence-electron chi connectivity index (χ4n) is 1.88. The maximum Gasteiger partial charge on any atom is 0.118 e. The summed E-state index contributed by atoms with van der Waals surface area (Å²) in [6, 6.07) is 8.67. The van der Waals surface area contributed by atoms with Gasteiger partial charge in [-0.25, -0.2) is 0 Å². The van der Waals surface area contributed by atoms with Crippen LogP contribution < -0.4 is 10.1 Å². The van der Waals surface area contributed by atoms with Crippen LogP contribution in [0.5, 0.6) is 5.75 Å². The molecule has 0 aliphatic carbocycles. The van der Waals surface area contributed by atoms with Gasteiger partial charge in [0, 0.05) is 12.1 Å². The lowest BCUT2D eigenvalue weighted by Gasteiger charge is -2.20. The lowest BCUT2D eigenvalue weighted by molar-refractivity contribution is 0.229. The number of ether oxygens (including phenoxy) is 1. The van der Waals surface area contributed by atoms with Gasteiger partial charge in [-0.1, -0.05) is 19.1 Å². The highest BCUT2D eigenvalue weighted by atomic mass is 16.5. The van der Waals surface area contributed by atoms with Crippen LogP contribution in [0.15, 0.2) is 24.3 Å². The lowest BCUT2D eigenvalue weighted by atomic mass is 10.1. The molecule has 0 amide bonds. The second kappa shape index (κ2) is 7.30. The summed E-state index contributed by atoms with van der Waals surface area (Å²) in [5, 5.41) is 12.5. The van der Waals surface area contributed by atoms with Gasteiger partial charge in [0.25, 0.3) is 0 Å². The van der Waals surface area contributed by atoms with Gasteiger partial charge in [0.05, 0.1) is 13.7 Å². The molecule has 3 nitrogen and oxygen atoms in total. The predicted octanol–water partition coefficient (Wildman–Crippen LogP) is 1.99. The molecule has 96 valence electrons. The molecule has 0 heterocycles. The van der Waals surface area contributed by atoms with Crippen LogP contribution in [0.25, 0.3) is 0 Å². The highest BCUT2D eigenvalue weighted by Crippen LogP contribution is 2.12. The van der Waals surface area contributed by atoms with Crippen molar-refractivity contribution in [2.24, 2.45) is 0 Å². The van der Waals surface area contributed by atoms with Crippen LogP contribution in [0.3, 0.4) is 0 Å².